The van der Waals surface area contributed by atoms with Crippen LogP contribution in [0.2, 0.25) is 0 Å². The van der Waals surface area contributed by atoms with Crippen LogP contribution in [0, 0.1) is 11.6 Å². The lowest BCUT2D eigenvalue weighted by Crippen LogP contribution is -2.38. The number of benzene rings is 2. The molecular formula is C23H21F2N3O. The highest BCUT2D eigenvalue weighted by Gasteiger charge is 2.41. The Balaban J connectivity index is 1.23. The van der Waals surface area contributed by atoms with E-state index in [0.29, 0.717) is 17.7 Å². The molecule has 4 aromatic rings. The fourth-order valence-corrected chi connectivity index (χ4v) is 5.40. The molecule has 6 heteroatoms. The predicted molar refractivity (Wildman–Crippen MR) is 107 cm³/mol. The highest BCUT2D eigenvalue weighted by molar-refractivity contribution is 5.85. The highest BCUT2D eigenvalue weighted by atomic mass is 19.1. The average Bonchev–Trinajstić information content (AvgIpc) is 3.35. The number of aryl methyl sites for hydroxylation is 1. The summed E-state index contributed by atoms with van der Waals surface area (Å²) < 4.78 is 32.5. The normalized spacial score (nSPS) is 21.3. The van der Waals surface area contributed by atoms with Crippen LogP contribution in [-0.4, -0.2) is 27.6 Å². The number of fused-ring (bicyclic) bond motifs is 7. The summed E-state index contributed by atoms with van der Waals surface area (Å²) in [5, 5.41) is 6.06. The van der Waals surface area contributed by atoms with Gasteiger partial charge in [-0.15, -0.1) is 0 Å². The van der Waals surface area contributed by atoms with Crippen molar-refractivity contribution in [1.82, 2.24) is 15.0 Å². The Morgan fingerprint density at radius 1 is 1.07 bits per heavy atom. The Labute approximate surface area is 166 Å². The minimum Gasteiger partial charge on any atom is -0.358 e. The number of nitrogens with zero attached hydrogens (tertiary/aromatic N) is 2. The molecule has 2 atom stereocenters. The monoisotopic (exact) mass is 393 g/mol. The van der Waals surface area contributed by atoms with Crippen LogP contribution in [0.25, 0.3) is 21.9 Å². The van der Waals surface area contributed by atoms with E-state index in [-0.39, 0.29) is 11.6 Å². The van der Waals surface area contributed by atoms with Crippen LogP contribution < -0.4 is 0 Å². The smallest absolute Gasteiger partial charge is 0.170 e. The van der Waals surface area contributed by atoms with E-state index in [1.165, 1.54) is 35.9 Å². The van der Waals surface area contributed by atoms with Crippen LogP contribution in [0.3, 0.4) is 0 Å². The molecule has 0 aliphatic carbocycles. The first kappa shape index (κ1) is 17.2. The van der Waals surface area contributed by atoms with Gasteiger partial charge in [0.25, 0.3) is 0 Å². The van der Waals surface area contributed by atoms with Gasteiger partial charge in [0, 0.05) is 46.6 Å². The first-order chi connectivity index (χ1) is 14.2. The van der Waals surface area contributed by atoms with Crippen molar-refractivity contribution in [2.24, 2.45) is 0 Å². The number of rotatable bonds is 4. The molecule has 148 valence electrons. The van der Waals surface area contributed by atoms with E-state index in [4.69, 9.17) is 4.52 Å². The standard InChI is InChI=1S/C23H21F2N3O/c24-13-4-7-18-17(10-13)23-20(26-18)12-15-5-8-21(23)28(15)9-1-2-19-16-6-3-14(25)11-22(16)29-27-19/h3-4,6-7,10-11,15,21,26H,1-2,5,8-9,12H2/t15-,21+/m0/s1. The summed E-state index contributed by atoms with van der Waals surface area (Å²) in [6.45, 7) is 0.965. The third kappa shape index (κ3) is 2.69. The molecule has 1 N–H and O–H groups in total. The number of hydrogen-bond acceptors (Lipinski definition) is 3. The zero-order valence-corrected chi connectivity index (χ0v) is 15.9. The largest absolute Gasteiger partial charge is 0.358 e. The molecule has 0 spiro atoms. The van der Waals surface area contributed by atoms with Gasteiger partial charge in [-0.2, -0.15) is 0 Å². The summed E-state index contributed by atoms with van der Waals surface area (Å²) in [5.41, 5.74) is 4.99. The van der Waals surface area contributed by atoms with Crippen molar-refractivity contribution in [2.75, 3.05) is 6.54 Å². The van der Waals surface area contributed by atoms with Gasteiger partial charge < -0.3 is 9.51 Å². The fraction of sp³-hybridized carbons (Fsp3) is 0.348. The Kier molecular flexibility index (Phi) is 3.78. The SMILES string of the molecule is Fc1ccc2c(CCCN3[C@H]4CC[C@@H]3c3c([nH]c5ccc(F)cc35)C4)noc2c1. The van der Waals surface area contributed by atoms with Crippen LogP contribution in [0.4, 0.5) is 8.78 Å². The minimum atomic E-state index is -0.309. The van der Waals surface area contributed by atoms with Crippen molar-refractivity contribution in [2.45, 2.75) is 44.2 Å². The Morgan fingerprint density at radius 3 is 2.86 bits per heavy atom. The first-order valence-corrected chi connectivity index (χ1v) is 10.3. The number of H-pyrrole nitrogens is 1. The topological polar surface area (TPSA) is 45.1 Å². The summed E-state index contributed by atoms with van der Waals surface area (Å²) in [4.78, 5) is 6.11. The average molecular weight is 393 g/mol. The second-order valence-electron chi connectivity index (χ2n) is 8.27. The van der Waals surface area contributed by atoms with Gasteiger partial charge in [0.15, 0.2) is 5.58 Å². The Bertz CT molecular complexity index is 1230. The molecule has 2 bridgehead atoms. The summed E-state index contributed by atoms with van der Waals surface area (Å²) in [5.74, 6) is -0.489. The Morgan fingerprint density at radius 2 is 1.93 bits per heavy atom. The lowest BCUT2D eigenvalue weighted by molar-refractivity contribution is 0.175. The number of hydrogen-bond donors (Lipinski definition) is 1. The third-order valence-corrected chi connectivity index (χ3v) is 6.64. The molecule has 4 heterocycles. The maximum Gasteiger partial charge on any atom is 0.170 e. The van der Waals surface area contributed by atoms with Crippen molar-refractivity contribution >= 4 is 21.9 Å². The van der Waals surface area contributed by atoms with Crippen molar-refractivity contribution in [3.05, 3.63) is 65.0 Å². The fourth-order valence-electron chi connectivity index (χ4n) is 5.40. The van der Waals surface area contributed by atoms with E-state index in [1.807, 2.05) is 6.07 Å². The molecule has 29 heavy (non-hydrogen) atoms. The zero-order chi connectivity index (χ0) is 19.5. The summed E-state index contributed by atoms with van der Waals surface area (Å²) in [6, 6.07) is 10.5. The number of nitrogens with one attached hydrogen (secondary N) is 1. The van der Waals surface area contributed by atoms with E-state index in [9.17, 15) is 8.78 Å². The number of halogens is 2. The van der Waals surface area contributed by atoms with Gasteiger partial charge in [0.05, 0.1) is 5.69 Å². The van der Waals surface area contributed by atoms with Crippen molar-refractivity contribution < 1.29 is 13.3 Å². The van der Waals surface area contributed by atoms with Crippen LogP contribution >= 0.6 is 0 Å². The van der Waals surface area contributed by atoms with Gasteiger partial charge in [-0.1, -0.05) is 5.16 Å². The maximum atomic E-state index is 13.9. The third-order valence-electron chi connectivity index (χ3n) is 6.64. The van der Waals surface area contributed by atoms with E-state index in [2.05, 4.69) is 15.0 Å². The van der Waals surface area contributed by atoms with Crippen molar-refractivity contribution in [1.29, 1.82) is 0 Å². The van der Waals surface area contributed by atoms with E-state index >= 15 is 0 Å². The quantitative estimate of drug-likeness (QED) is 0.513. The van der Waals surface area contributed by atoms with Crippen LogP contribution in [0.5, 0.6) is 0 Å². The van der Waals surface area contributed by atoms with Crippen LogP contribution in [0.15, 0.2) is 40.9 Å². The first-order valence-electron chi connectivity index (χ1n) is 10.3. The highest BCUT2D eigenvalue weighted by Crippen LogP contribution is 2.46. The molecule has 2 aliphatic heterocycles. The van der Waals surface area contributed by atoms with Gasteiger partial charge in [0.1, 0.15) is 11.6 Å². The molecule has 2 aromatic heterocycles. The van der Waals surface area contributed by atoms with Crippen molar-refractivity contribution in [3.8, 4) is 0 Å². The number of aromatic amines is 1. The van der Waals surface area contributed by atoms with Gasteiger partial charge in [-0.05, 0) is 68.1 Å². The van der Waals surface area contributed by atoms with E-state index < -0.39 is 0 Å². The molecule has 0 radical (unpaired) electrons. The second kappa shape index (κ2) is 6.39. The van der Waals surface area contributed by atoms with Gasteiger partial charge in [0.2, 0.25) is 0 Å². The molecule has 2 aliphatic rings. The summed E-state index contributed by atoms with van der Waals surface area (Å²) in [6.07, 6.45) is 5.04. The number of aromatic nitrogens is 2. The predicted octanol–water partition coefficient (Wildman–Crippen LogP) is 5.28. The van der Waals surface area contributed by atoms with Gasteiger partial charge in [-0.25, -0.2) is 8.78 Å². The summed E-state index contributed by atoms with van der Waals surface area (Å²) in [7, 11) is 0. The van der Waals surface area contributed by atoms with Crippen LogP contribution in [0.1, 0.15) is 42.3 Å². The van der Waals surface area contributed by atoms with E-state index in [0.717, 1.165) is 54.2 Å². The molecule has 6 rings (SSSR count). The molecule has 4 nitrogen and oxygen atoms in total. The molecule has 0 amide bonds. The van der Waals surface area contributed by atoms with Crippen LogP contribution in [-0.2, 0) is 12.8 Å². The maximum absolute atomic E-state index is 13.9. The van der Waals surface area contributed by atoms with E-state index in [1.54, 1.807) is 12.1 Å². The molecular weight excluding hydrogens is 372 g/mol. The van der Waals surface area contributed by atoms with Gasteiger partial charge >= 0.3 is 0 Å². The second-order valence-corrected chi connectivity index (χ2v) is 8.27. The molecule has 0 saturated carbocycles. The Hall–Kier alpha value is -2.73. The van der Waals surface area contributed by atoms with Crippen molar-refractivity contribution in [3.63, 3.8) is 0 Å². The minimum absolute atomic E-state index is 0.180. The molecule has 1 fully saturated rings. The lowest BCUT2D eigenvalue weighted by atomic mass is 9.96. The summed E-state index contributed by atoms with van der Waals surface area (Å²) >= 11 is 0. The molecule has 2 aromatic carbocycles. The zero-order valence-electron chi connectivity index (χ0n) is 15.9. The lowest BCUT2D eigenvalue weighted by Gasteiger charge is -2.35. The molecule has 1 saturated heterocycles. The van der Waals surface area contributed by atoms with Gasteiger partial charge in [-0.3, -0.25) is 4.90 Å². The molecule has 0 unspecified atom stereocenters.